The largest absolute Gasteiger partial charge is 0.491 e. The second-order valence-electron chi connectivity index (χ2n) is 3.53. The molecule has 0 heterocycles. The van der Waals surface area contributed by atoms with Crippen molar-refractivity contribution in [2.45, 2.75) is 19.9 Å². The highest BCUT2D eigenvalue weighted by atomic mass is 79.9. The molecule has 0 atom stereocenters. The Labute approximate surface area is 104 Å². The molecule has 0 radical (unpaired) electrons. The summed E-state index contributed by atoms with van der Waals surface area (Å²) < 4.78 is 6.51. The summed E-state index contributed by atoms with van der Waals surface area (Å²) >= 11 is 9.35. The van der Waals surface area contributed by atoms with Gasteiger partial charge in [-0.3, -0.25) is 0 Å². The maximum atomic E-state index is 5.97. The normalized spacial score (nSPS) is 10.7. The smallest absolute Gasteiger partial charge is 0.139 e. The standard InChI is InChI=1S/C11H15BrClNO/c1-8(2)14-5-6-15-11-7-9(12)3-4-10(11)13/h3-4,7-8,14H,5-6H2,1-2H3. The zero-order chi connectivity index (χ0) is 11.3. The number of halogens is 2. The summed E-state index contributed by atoms with van der Waals surface area (Å²) in [4.78, 5) is 0. The van der Waals surface area contributed by atoms with Crippen LogP contribution in [-0.4, -0.2) is 19.2 Å². The second-order valence-corrected chi connectivity index (χ2v) is 4.85. The minimum atomic E-state index is 0.478. The van der Waals surface area contributed by atoms with Crippen LogP contribution in [0.5, 0.6) is 5.75 Å². The maximum absolute atomic E-state index is 5.97. The lowest BCUT2D eigenvalue weighted by Crippen LogP contribution is -2.27. The van der Waals surface area contributed by atoms with E-state index in [9.17, 15) is 0 Å². The molecule has 0 amide bonds. The molecule has 0 bridgehead atoms. The first kappa shape index (κ1) is 12.8. The minimum absolute atomic E-state index is 0.478. The van der Waals surface area contributed by atoms with E-state index in [0.29, 0.717) is 17.7 Å². The van der Waals surface area contributed by atoms with Gasteiger partial charge in [0.1, 0.15) is 12.4 Å². The van der Waals surface area contributed by atoms with Gasteiger partial charge < -0.3 is 10.1 Å². The first-order chi connectivity index (χ1) is 7.09. The van der Waals surface area contributed by atoms with Crippen molar-refractivity contribution in [3.8, 4) is 5.75 Å². The average molecular weight is 293 g/mol. The summed E-state index contributed by atoms with van der Waals surface area (Å²) in [6.45, 7) is 5.65. The first-order valence-corrected chi connectivity index (χ1v) is 6.08. The third-order valence-electron chi connectivity index (χ3n) is 1.81. The van der Waals surface area contributed by atoms with Gasteiger partial charge in [0.2, 0.25) is 0 Å². The molecule has 2 nitrogen and oxygen atoms in total. The minimum Gasteiger partial charge on any atom is -0.491 e. The molecule has 0 saturated heterocycles. The molecule has 4 heteroatoms. The van der Waals surface area contributed by atoms with Crippen molar-refractivity contribution in [1.82, 2.24) is 5.32 Å². The van der Waals surface area contributed by atoms with E-state index in [2.05, 4.69) is 35.1 Å². The third-order valence-corrected chi connectivity index (χ3v) is 2.61. The fraction of sp³-hybridized carbons (Fsp3) is 0.455. The van der Waals surface area contributed by atoms with Gasteiger partial charge in [0.15, 0.2) is 0 Å². The van der Waals surface area contributed by atoms with E-state index in [0.717, 1.165) is 16.8 Å². The average Bonchev–Trinajstić information content (AvgIpc) is 2.17. The fourth-order valence-electron chi connectivity index (χ4n) is 1.10. The molecular weight excluding hydrogens is 277 g/mol. The SMILES string of the molecule is CC(C)NCCOc1cc(Br)ccc1Cl. The molecule has 0 unspecified atom stereocenters. The van der Waals surface area contributed by atoms with Crippen LogP contribution in [0.15, 0.2) is 22.7 Å². The van der Waals surface area contributed by atoms with E-state index in [-0.39, 0.29) is 0 Å². The molecule has 0 aromatic heterocycles. The lowest BCUT2D eigenvalue weighted by molar-refractivity contribution is 0.309. The quantitative estimate of drug-likeness (QED) is 0.839. The Morgan fingerprint density at radius 3 is 2.87 bits per heavy atom. The van der Waals surface area contributed by atoms with E-state index in [4.69, 9.17) is 16.3 Å². The van der Waals surface area contributed by atoms with Crippen molar-refractivity contribution in [3.63, 3.8) is 0 Å². The molecule has 1 aromatic carbocycles. The third kappa shape index (κ3) is 4.87. The zero-order valence-corrected chi connectivity index (χ0v) is 11.2. The van der Waals surface area contributed by atoms with Crippen molar-refractivity contribution in [2.75, 3.05) is 13.2 Å². The van der Waals surface area contributed by atoms with Crippen LogP contribution in [0.25, 0.3) is 0 Å². The van der Waals surface area contributed by atoms with Gasteiger partial charge in [-0.25, -0.2) is 0 Å². The first-order valence-electron chi connectivity index (χ1n) is 4.91. The van der Waals surface area contributed by atoms with Crippen LogP contribution in [0.3, 0.4) is 0 Å². The van der Waals surface area contributed by atoms with Gasteiger partial charge in [-0.15, -0.1) is 0 Å². The fourth-order valence-corrected chi connectivity index (χ4v) is 1.61. The van der Waals surface area contributed by atoms with Crippen LogP contribution >= 0.6 is 27.5 Å². The molecule has 0 aliphatic carbocycles. The van der Waals surface area contributed by atoms with Crippen LogP contribution in [0, 0.1) is 0 Å². The van der Waals surface area contributed by atoms with Gasteiger partial charge in [0, 0.05) is 17.1 Å². The Hall–Kier alpha value is -0.250. The van der Waals surface area contributed by atoms with Crippen LogP contribution in [0.1, 0.15) is 13.8 Å². The molecule has 15 heavy (non-hydrogen) atoms. The van der Waals surface area contributed by atoms with E-state index in [1.54, 1.807) is 0 Å². The Kier molecular flexibility index (Phi) is 5.43. The maximum Gasteiger partial charge on any atom is 0.139 e. The molecule has 0 aliphatic rings. The van der Waals surface area contributed by atoms with Crippen molar-refractivity contribution in [2.24, 2.45) is 0 Å². The second kappa shape index (κ2) is 6.36. The summed E-state index contributed by atoms with van der Waals surface area (Å²) in [6.07, 6.45) is 0. The Balaban J connectivity index is 2.40. The summed E-state index contributed by atoms with van der Waals surface area (Å²) in [5, 5.41) is 3.91. The number of nitrogens with one attached hydrogen (secondary N) is 1. The molecule has 1 rings (SSSR count). The number of hydrogen-bond donors (Lipinski definition) is 1. The highest BCUT2D eigenvalue weighted by Gasteiger charge is 2.01. The van der Waals surface area contributed by atoms with Gasteiger partial charge >= 0.3 is 0 Å². The van der Waals surface area contributed by atoms with Crippen molar-refractivity contribution >= 4 is 27.5 Å². The summed E-state index contributed by atoms with van der Waals surface area (Å²) in [5.74, 6) is 0.719. The van der Waals surface area contributed by atoms with Crippen LogP contribution in [0.2, 0.25) is 5.02 Å². The predicted octanol–water partition coefficient (Wildman–Crippen LogP) is 3.48. The summed E-state index contributed by atoms with van der Waals surface area (Å²) in [6, 6.07) is 6.06. The van der Waals surface area contributed by atoms with Gasteiger partial charge in [0.25, 0.3) is 0 Å². The number of benzene rings is 1. The molecule has 0 fully saturated rings. The molecule has 1 N–H and O–H groups in total. The molecule has 1 aromatic rings. The van der Waals surface area contributed by atoms with E-state index >= 15 is 0 Å². The molecule has 0 spiro atoms. The Bertz CT molecular complexity index is 317. The Morgan fingerprint density at radius 1 is 1.47 bits per heavy atom. The molecule has 84 valence electrons. The highest BCUT2D eigenvalue weighted by Crippen LogP contribution is 2.27. The lowest BCUT2D eigenvalue weighted by Gasteiger charge is -2.10. The van der Waals surface area contributed by atoms with E-state index in [1.807, 2.05) is 18.2 Å². The number of hydrogen-bond acceptors (Lipinski definition) is 2. The highest BCUT2D eigenvalue weighted by molar-refractivity contribution is 9.10. The van der Waals surface area contributed by atoms with E-state index in [1.165, 1.54) is 0 Å². The lowest BCUT2D eigenvalue weighted by atomic mass is 10.3. The van der Waals surface area contributed by atoms with E-state index < -0.39 is 0 Å². The predicted molar refractivity (Wildman–Crippen MR) is 67.8 cm³/mol. The monoisotopic (exact) mass is 291 g/mol. The topological polar surface area (TPSA) is 21.3 Å². The van der Waals surface area contributed by atoms with Gasteiger partial charge in [-0.1, -0.05) is 41.4 Å². The molecule has 0 saturated carbocycles. The van der Waals surface area contributed by atoms with Crippen LogP contribution in [-0.2, 0) is 0 Å². The van der Waals surface area contributed by atoms with Gasteiger partial charge in [-0.2, -0.15) is 0 Å². The van der Waals surface area contributed by atoms with Crippen LogP contribution < -0.4 is 10.1 Å². The number of ether oxygens (including phenoxy) is 1. The number of rotatable bonds is 5. The molecular formula is C11H15BrClNO. The van der Waals surface area contributed by atoms with Crippen LogP contribution in [0.4, 0.5) is 0 Å². The summed E-state index contributed by atoms with van der Waals surface area (Å²) in [7, 11) is 0. The Morgan fingerprint density at radius 2 is 2.20 bits per heavy atom. The van der Waals surface area contributed by atoms with Gasteiger partial charge in [-0.05, 0) is 18.2 Å². The summed E-state index contributed by atoms with van der Waals surface area (Å²) in [5.41, 5.74) is 0. The van der Waals surface area contributed by atoms with Gasteiger partial charge in [0.05, 0.1) is 5.02 Å². The van der Waals surface area contributed by atoms with Crippen molar-refractivity contribution in [1.29, 1.82) is 0 Å². The van der Waals surface area contributed by atoms with Crippen molar-refractivity contribution in [3.05, 3.63) is 27.7 Å². The molecule has 0 aliphatic heterocycles. The van der Waals surface area contributed by atoms with Crippen molar-refractivity contribution < 1.29 is 4.74 Å². The zero-order valence-electron chi connectivity index (χ0n) is 8.89.